The lowest BCUT2D eigenvalue weighted by Crippen LogP contribution is -2.15. The van der Waals surface area contributed by atoms with Crippen molar-refractivity contribution >= 4 is 43.2 Å². The maximum Gasteiger partial charge on any atom is 0.238 e. The molecule has 6 nitrogen and oxygen atoms in total. The fraction of sp³-hybridized carbons (Fsp3) is 0.200. The van der Waals surface area contributed by atoms with Crippen LogP contribution in [0.5, 0.6) is 0 Å². The summed E-state index contributed by atoms with van der Waals surface area (Å²) in [6, 6.07) is 3.09. The third-order valence-electron chi connectivity index (χ3n) is 2.08. The van der Waals surface area contributed by atoms with Crippen LogP contribution in [0.1, 0.15) is 11.5 Å². The highest BCUT2D eigenvalue weighted by Gasteiger charge is 2.15. The van der Waals surface area contributed by atoms with E-state index >= 15 is 0 Å². The molecule has 0 amide bonds. The Balaban J connectivity index is 2.14. The molecule has 0 unspecified atom stereocenters. The second-order valence-electron chi connectivity index (χ2n) is 3.79. The smallest absolute Gasteiger partial charge is 0.238 e. The van der Waals surface area contributed by atoms with Gasteiger partial charge in [-0.1, -0.05) is 16.8 Å². The Morgan fingerprint density at radius 2 is 2.21 bits per heavy atom. The first-order valence-electron chi connectivity index (χ1n) is 5.09. The van der Waals surface area contributed by atoms with E-state index in [-0.39, 0.29) is 10.9 Å². The molecule has 0 saturated carbocycles. The molecule has 0 spiro atoms. The average molecular weight is 367 g/mol. The Morgan fingerprint density at radius 1 is 1.47 bits per heavy atom. The van der Waals surface area contributed by atoms with Gasteiger partial charge in [0.2, 0.25) is 10.0 Å². The Kier molecular flexibility index (Phi) is 4.12. The molecule has 2 heterocycles. The summed E-state index contributed by atoms with van der Waals surface area (Å²) in [5.41, 5.74) is 0.655. The summed E-state index contributed by atoms with van der Waals surface area (Å²) in [5.74, 6) is 0.283. The minimum atomic E-state index is -3.58. The van der Waals surface area contributed by atoms with Crippen molar-refractivity contribution in [3.05, 3.63) is 39.4 Å². The number of rotatable bonds is 4. The fourth-order valence-corrected chi connectivity index (χ4v) is 2.89. The zero-order valence-electron chi connectivity index (χ0n) is 9.72. The summed E-state index contributed by atoms with van der Waals surface area (Å²) in [7, 11) is -3.58. The number of sulfonamides is 1. The highest BCUT2D eigenvalue weighted by molar-refractivity contribution is 9.10. The first-order valence-corrected chi connectivity index (χ1v) is 7.92. The van der Waals surface area contributed by atoms with E-state index in [1.54, 1.807) is 13.0 Å². The molecular weight excluding hydrogens is 358 g/mol. The standard InChI is InChI=1S/C10H9BrClN3O3S/c1-6-2-8(14-18-6)5-19(16,17)15-7-3-9(11)10(12)13-4-7/h2-4,15H,5H2,1H3. The summed E-state index contributed by atoms with van der Waals surface area (Å²) in [6.45, 7) is 1.69. The lowest BCUT2D eigenvalue weighted by molar-refractivity contribution is 0.392. The molecule has 0 fully saturated rings. The number of aryl methyl sites for hydroxylation is 1. The monoisotopic (exact) mass is 365 g/mol. The fourth-order valence-electron chi connectivity index (χ4n) is 1.37. The van der Waals surface area contributed by atoms with Crippen LogP contribution < -0.4 is 4.72 Å². The van der Waals surface area contributed by atoms with Gasteiger partial charge in [0.25, 0.3) is 0 Å². The molecule has 1 N–H and O–H groups in total. The summed E-state index contributed by atoms with van der Waals surface area (Å²) in [4.78, 5) is 3.83. The lowest BCUT2D eigenvalue weighted by Gasteiger charge is -2.06. The van der Waals surface area contributed by atoms with Crippen LogP contribution in [0.4, 0.5) is 5.69 Å². The van der Waals surface area contributed by atoms with Crippen molar-refractivity contribution in [3.63, 3.8) is 0 Å². The topological polar surface area (TPSA) is 85.1 Å². The number of halogens is 2. The molecule has 2 rings (SSSR count). The van der Waals surface area contributed by atoms with Crippen molar-refractivity contribution in [1.29, 1.82) is 0 Å². The van der Waals surface area contributed by atoms with Gasteiger partial charge in [-0.3, -0.25) is 4.72 Å². The van der Waals surface area contributed by atoms with Crippen LogP contribution in [0, 0.1) is 6.92 Å². The van der Waals surface area contributed by atoms with Gasteiger partial charge in [0, 0.05) is 6.07 Å². The number of hydrogen-bond acceptors (Lipinski definition) is 5. The molecule has 0 aromatic carbocycles. The van der Waals surface area contributed by atoms with E-state index in [9.17, 15) is 8.42 Å². The van der Waals surface area contributed by atoms with E-state index in [0.29, 0.717) is 21.6 Å². The molecule has 0 aliphatic carbocycles. The van der Waals surface area contributed by atoms with Gasteiger partial charge in [-0.25, -0.2) is 13.4 Å². The van der Waals surface area contributed by atoms with Crippen molar-refractivity contribution < 1.29 is 12.9 Å². The summed E-state index contributed by atoms with van der Waals surface area (Å²) in [5, 5.41) is 3.89. The molecule has 0 bridgehead atoms. The predicted octanol–water partition coefficient (Wildman–Crippen LogP) is 2.74. The van der Waals surface area contributed by atoms with Gasteiger partial charge in [0.05, 0.1) is 16.4 Å². The minimum Gasteiger partial charge on any atom is -0.361 e. The molecular formula is C10H9BrClN3O3S. The van der Waals surface area contributed by atoms with Crippen LogP contribution in [-0.4, -0.2) is 18.6 Å². The van der Waals surface area contributed by atoms with Gasteiger partial charge in [0.1, 0.15) is 22.4 Å². The largest absolute Gasteiger partial charge is 0.361 e. The van der Waals surface area contributed by atoms with Gasteiger partial charge < -0.3 is 4.52 Å². The Labute approximate surface area is 123 Å². The third-order valence-corrected chi connectivity index (χ3v) is 4.44. The highest BCUT2D eigenvalue weighted by atomic mass is 79.9. The molecule has 0 atom stereocenters. The predicted molar refractivity (Wildman–Crippen MR) is 74.4 cm³/mol. The average Bonchev–Trinajstić information content (AvgIpc) is 2.68. The summed E-state index contributed by atoms with van der Waals surface area (Å²) in [6.07, 6.45) is 1.33. The summed E-state index contributed by atoms with van der Waals surface area (Å²) >= 11 is 8.89. The maximum absolute atomic E-state index is 11.9. The number of nitrogens with one attached hydrogen (secondary N) is 1. The van der Waals surface area contributed by atoms with Crippen LogP contribution in [0.3, 0.4) is 0 Å². The summed E-state index contributed by atoms with van der Waals surface area (Å²) < 4.78 is 31.5. The van der Waals surface area contributed by atoms with Gasteiger partial charge >= 0.3 is 0 Å². The van der Waals surface area contributed by atoms with Crippen molar-refractivity contribution in [3.8, 4) is 0 Å². The first-order chi connectivity index (χ1) is 8.85. The van der Waals surface area contributed by atoms with E-state index in [1.807, 2.05) is 0 Å². The highest BCUT2D eigenvalue weighted by Crippen LogP contribution is 2.23. The van der Waals surface area contributed by atoms with Gasteiger partial charge in [-0.05, 0) is 28.9 Å². The zero-order chi connectivity index (χ0) is 14.0. The molecule has 0 saturated heterocycles. The SMILES string of the molecule is Cc1cc(CS(=O)(=O)Nc2cnc(Cl)c(Br)c2)no1. The molecule has 0 radical (unpaired) electrons. The first kappa shape index (κ1) is 14.3. The number of hydrogen-bond donors (Lipinski definition) is 1. The molecule has 0 aliphatic rings. The van der Waals surface area contributed by atoms with E-state index in [1.165, 1.54) is 12.3 Å². The number of nitrogens with zero attached hydrogens (tertiary/aromatic N) is 2. The van der Waals surface area contributed by atoms with Gasteiger partial charge in [-0.2, -0.15) is 0 Å². The van der Waals surface area contributed by atoms with E-state index in [2.05, 4.69) is 30.8 Å². The third kappa shape index (κ3) is 3.92. The van der Waals surface area contributed by atoms with Crippen LogP contribution >= 0.6 is 27.5 Å². The molecule has 2 aromatic heterocycles. The molecule has 19 heavy (non-hydrogen) atoms. The van der Waals surface area contributed by atoms with Crippen molar-refractivity contribution in [2.24, 2.45) is 0 Å². The molecule has 102 valence electrons. The normalized spacial score (nSPS) is 11.5. The molecule has 0 aliphatic heterocycles. The van der Waals surface area contributed by atoms with Crippen molar-refractivity contribution in [2.45, 2.75) is 12.7 Å². The Hall–Kier alpha value is -1.12. The number of aromatic nitrogens is 2. The van der Waals surface area contributed by atoms with Crippen LogP contribution in [-0.2, 0) is 15.8 Å². The second-order valence-corrected chi connectivity index (χ2v) is 6.72. The van der Waals surface area contributed by atoms with Crippen molar-refractivity contribution in [2.75, 3.05) is 4.72 Å². The minimum absolute atomic E-state index is 0.259. The second kappa shape index (κ2) is 5.48. The van der Waals surface area contributed by atoms with E-state index < -0.39 is 10.0 Å². The lowest BCUT2D eigenvalue weighted by atomic mass is 10.4. The quantitative estimate of drug-likeness (QED) is 0.841. The van der Waals surface area contributed by atoms with Crippen LogP contribution in [0.2, 0.25) is 5.15 Å². The van der Waals surface area contributed by atoms with E-state index in [4.69, 9.17) is 16.1 Å². The van der Waals surface area contributed by atoms with Crippen LogP contribution in [0.25, 0.3) is 0 Å². The molecule has 2 aromatic rings. The van der Waals surface area contributed by atoms with Gasteiger partial charge in [-0.15, -0.1) is 0 Å². The van der Waals surface area contributed by atoms with Gasteiger partial charge in [0.15, 0.2) is 0 Å². The Morgan fingerprint density at radius 3 is 2.79 bits per heavy atom. The van der Waals surface area contributed by atoms with E-state index in [0.717, 1.165) is 0 Å². The maximum atomic E-state index is 11.9. The molecule has 9 heteroatoms. The zero-order valence-corrected chi connectivity index (χ0v) is 12.9. The van der Waals surface area contributed by atoms with Crippen LogP contribution in [0.15, 0.2) is 27.3 Å². The van der Waals surface area contributed by atoms with Crippen molar-refractivity contribution in [1.82, 2.24) is 10.1 Å². The number of anilines is 1. The Bertz CT molecular complexity index is 702. The number of pyridine rings is 1.